The second-order valence-corrected chi connectivity index (χ2v) is 6.10. The van der Waals surface area contributed by atoms with Gasteiger partial charge in [-0.25, -0.2) is 8.78 Å². The fourth-order valence-corrected chi connectivity index (χ4v) is 2.78. The summed E-state index contributed by atoms with van der Waals surface area (Å²) < 4.78 is 26.6. The summed E-state index contributed by atoms with van der Waals surface area (Å²) in [6.07, 6.45) is 0.173. The molecule has 0 unspecified atom stereocenters. The van der Waals surface area contributed by atoms with Gasteiger partial charge in [-0.3, -0.25) is 4.79 Å². The summed E-state index contributed by atoms with van der Waals surface area (Å²) in [4.78, 5) is 12.7. The Kier molecular flexibility index (Phi) is 5.31. The number of Topliss-reactive ketones (excluding diaryl/α,β-unsaturated/α-hetero) is 1. The summed E-state index contributed by atoms with van der Waals surface area (Å²) in [5, 5.41) is 0. The van der Waals surface area contributed by atoms with E-state index in [1.165, 1.54) is 36.0 Å². The molecule has 0 heterocycles. The molecule has 0 atom stereocenters. The van der Waals surface area contributed by atoms with Gasteiger partial charge in [0, 0.05) is 15.8 Å². The Morgan fingerprint density at radius 3 is 2.40 bits per heavy atom. The van der Waals surface area contributed by atoms with Gasteiger partial charge in [-0.15, -0.1) is 11.8 Å². The van der Waals surface area contributed by atoms with E-state index in [-0.39, 0.29) is 29.6 Å². The van der Waals surface area contributed by atoms with Crippen molar-refractivity contribution in [1.82, 2.24) is 0 Å². The van der Waals surface area contributed by atoms with Crippen molar-refractivity contribution in [2.45, 2.75) is 11.3 Å². The third-order valence-corrected chi connectivity index (χ3v) is 4.45. The van der Waals surface area contributed by atoms with Crippen LogP contribution in [0.1, 0.15) is 5.56 Å². The molecule has 104 valence electrons. The molecular formula is C15H11BrF2OS. The van der Waals surface area contributed by atoms with Crippen LogP contribution < -0.4 is 0 Å². The summed E-state index contributed by atoms with van der Waals surface area (Å²) in [7, 11) is 0. The summed E-state index contributed by atoms with van der Waals surface area (Å²) in [5.74, 6) is -0.397. The van der Waals surface area contributed by atoms with Gasteiger partial charge in [-0.05, 0) is 48.0 Å². The maximum absolute atomic E-state index is 13.1. The van der Waals surface area contributed by atoms with Gasteiger partial charge < -0.3 is 0 Å². The lowest BCUT2D eigenvalue weighted by Gasteiger charge is -2.04. The van der Waals surface area contributed by atoms with Crippen LogP contribution in [0.4, 0.5) is 8.78 Å². The number of benzene rings is 2. The Hall–Kier alpha value is -1.20. The smallest absolute Gasteiger partial charge is 0.147 e. The number of carbonyl (C=O) groups excluding carboxylic acids is 1. The molecule has 0 aliphatic carbocycles. The largest absolute Gasteiger partial charge is 0.298 e. The normalized spacial score (nSPS) is 10.6. The first-order valence-corrected chi connectivity index (χ1v) is 7.66. The van der Waals surface area contributed by atoms with Gasteiger partial charge in [-0.1, -0.05) is 15.9 Å². The topological polar surface area (TPSA) is 17.1 Å². The highest BCUT2D eigenvalue weighted by Crippen LogP contribution is 2.21. The fraction of sp³-hybridized carbons (Fsp3) is 0.133. The van der Waals surface area contributed by atoms with Crippen LogP contribution >= 0.6 is 27.7 Å². The molecule has 0 spiro atoms. The highest BCUT2D eigenvalue weighted by atomic mass is 79.9. The van der Waals surface area contributed by atoms with Crippen LogP contribution in [-0.4, -0.2) is 11.5 Å². The lowest BCUT2D eigenvalue weighted by molar-refractivity contribution is -0.116. The standard InChI is InChI=1S/C15H11BrF2OS/c16-15-6-3-12(18)7-10(15)8-13(19)9-20-14-4-1-11(17)2-5-14/h1-7H,8-9H2. The molecule has 0 saturated carbocycles. The third kappa shape index (κ3) is 4.42. The average Bonchev–Trinajstić information content (AvgIpc) is 2.42. The van der Waals surface area contributed by atoms with E-state index in [2.05, 4.69) is 15.9 Å². The van der Waals surface area contributed by atoms with Crippen LogP contribution in [-0.2, 0) is 11.2 Å². The van der Waals surface area contributed by atoms with Crippen LogP contribution in [0, 0.1) is 11.6 Å². The quantitative estimate of drug-likeness (QED) is 0.726. The minimum Gasteiger partial charge on any atom is -0.298 e. The first-order chi connectivity index (χ1) is 9.54. The molecule has 0 saturated heterocycles. The number of carbonyl (C=O) groups is 1. The molecule has 20 heavy (non-hydrogen) atoms. The molecule has 0 radical (unpaired) electrons. The molecule has 0 bridgehead atoms. The first kappa shape index (κ1) is 15.2. The molecule has 0 N–H and O–H groups in total. The SMILES string of the molecule is O=C(CSc1ccc(F)cc1)Cc1cc(F)ccc1Br. The molecule has 2 rings (SSSR count). The van der Waals surface area contributed by atoms with Crippen LogP contribution in [0.25, 0.3) is 0 Å². The molecule has 0 fully saturated rings. The van der Waals surface area contributed by atoms with Gasteiger partial charge in [0.2, 0.25) is 0 Å². The van der Waals surface area contributed by atoms with E-state index in [4.69, 9.17) is 0 Å². The van der Waals surface area contributed by atoms with E-state index < -0.39 is 0 Å². The zero-order valence-electron chi connectivity index (χ0n) is 10.4. The maximum atomic E-state index is 13.1. The zero-order chi connectivity index (χ0) is 14.5. The monoisotopic (exact) mass is 356 g/mol. The Morgan fingerprint density at radius 1 is 1.05 bits per heavy atom. The zero-order valence-corrected chi connectivity index (χ0v) is 12.8. The van der Waals surface area contributed by atoms with Crippen molar-refractivity contribution < 1.29 is 13.6 Å². The predicted octanol–water partition coefficient (Wildman–Crippen LogP) is 4.63. The van der Waals surface area contributed by atoms with Gasteiger partial charge >= 0.3 is 0 Å². The Bertz CT molecular complexity index is 614. The molecule has 0 aromatic heterocycles. The van der Waals surface area contributed by atoms with E-state index in [0.717, 1.165) is 9.37 Å². The van der Waals surface area contributed by atoms with E-state index in [1.807, 2.05) is 0 Å². The minimum absolute atomic E-state index is 0.00868. The summed E-state index contributed by atoms with van der Waals surface area (Å²) in [5.41, 5.74) is 0.634. The average molecular weight is 357 g/mol. The predicted molar refractivity (Wildman–Crippen MR) is 79.9 cm³/mol. The number of halogens is 3. The molecule has 0 aliphatic rings. The molecule has 0 amide bonds. The molecular weight excluding hydrogens is 346 g/mol. The van der Waals surface area contributed by atoms with E-state index in [0.29, 0.717) is 5.56 Å². The van der Waals surface area contributed by atoms with Gasteiger partial charge in [0.1, 0.15) is 17.4 Å². The fourth-order valence-electron chi connectivity index (χ4n) is 1.64. The second kappa shape index (κ2) is 6.99. The van der Waals surface area contributed by atoms with Crippen molar-refractivity contribution in [3.63, 3.8) is 0 Å². The van der Waals surface area contributed by atoms with E-state index >= 15 is 0 Å². The molecule has 5 heteroatoms. The van der Waals surface area contributed by atoms with Gasteiger partial charge in [0.25, 0.3) is 0 Å². The van der Waals surface area contributed by atoms with E-state index in [1.54, 1.807) is 18.2 Å². The van der Waals surface area contributed by atoms with Crippen molar-refractivity contribution in [3.8, 4) is 0 Å². The molecule has 2 aromatic rings. The summed E-state index contributed by atoms with van der Waals surface area (Å²) in [6, 6.07) is 10.3. The maximum Gasteiger partial charge on any atom is 0.147 e. The number of rotatable bonds is 5. The van der Waals surface area contributed by atoms with Crippen LogP contribution in [0.15, 0.2) is 51.8 Å². The Morgan fingerprint density at radius 2 is 1.70 bits per heavy atom. The number of hydrogen-bond donors (Lipinski definition) is 0. The number of hydrogen-bond acceptors (Lipinski definition) is 2. The number of thioether (sulfide) groups is 1. The molecule has 2 aromatic carbocycles. The highest BCUT2D eigenvalue weighted by molar-refractivity contribution is 9.10. The van der Waals surface area contributed by atoms with Crippen LogP contribution in [0.5, 0.6) is 0 Å². The van der Waals surface area contributed by atoms with Gasteiger partial charge in [0.05, 0.1) is 5.75 Å². The minimum atomic E-state index is -0.359. The van der Waals surface area contributed by atoms with Crippen molar-refractivity contribution in [2.24, 2.45) is 0 Å². The van der Waals surface area contributed by atoms with Crippen molar-refractivity contribution in [3.05, 3.63) is 64.1 Å². The van der Waals surface area contributed by atoms with Crippen LogP contribution in [0.3, 0.4) is 0 Å². The summed E-state index contributed by atoms with van der Waals surface area (Å²) >= 11 is 4.64. The first-order valence-electron chi connectivity index (χ1n) is 5.88. The van der Waals surface area contributed by atoms with E-state index in [9.17, 15) is 13.6 Å². The lowest BCUT2D eigenvalue weighted by atomic mass is 10.1. The Balaban J connectivity index is 1.92. The van der Waals surface area contributed by atoms with Crippen LogP contribution in [0.2, 0.25) is 0 Å². The van der Waals surface area contributed by atoms with Gasteiger partial charge in [-0.2, -0.15) is 0 Å². The Labute approximate surface area is 128 Å². The van der Waals surface area contributed by atoms with Gasteiger partial charge in [0.15, 0.2) is 0 Å². The molecule has 0 aliphatic heterocycles. The lowest BCUT2D eigenvalue weighted by Crippen LogP contribution is -2.06. The van der Waals surface area contributed by atoms with Crippen molar-refractivity contribution in [1.29, 1.82) is 0 Å². The highest BCUT2D eigenvalue weighted by Gasteiger charge is 2.09. The van der Waals surface area contributed by atoms with Crippen molar-refractivity contribution in [2.75, 3.05) is 5.75 Å². The second-order valence-electron chi connectivity index (χ2n) is 4.19. The molecule has 1 nitrogen and oxygen atoms in total. The van der Waals surface area contributed by atoms with Crippen molar-refractivity contribution >= 4 is 33.5 Å². The number of ketones is 1. The summed E-state index contributed by atoms with van der Waals surface area (Å²) in [6.45, 7) is 0. The third-order valence-electron chi connectivity index (χ3n) is 2.61.